The van der Waals surface area contributed by atoms with Crippen LogP contribution in [0.4, 0.5) is 4.79 Å². The van der Waals surface area contributed by atoms with Gasteiger partial charge in [-0.05, 0) is 33.6 Å². The van der Waals surface area contributed by atoms with Gasteiger partial charge in [0.05, 0.1) is 11.6 Å². The topological polar surface area (TPSA) is 55.6 Å². The molecule has 0 aliphatic carbocycles. The zero-order valence-electron chi connectivity index (χ0n) is 12.2. The highest BCUT2D eigenvalue weighted by Gasteiger charge is 2.29. The molecule has 1 amide bonds. The molecule has 1 aliphatic heterocycles. The first-order valence-electron chi connectivity index (χ1n) is 6.87. The molecule has 2 heterocycles. The van der Waals surface area contributed by atoms with Crippen LogP contribution in [-0.4, -0.2) is 34.7 Å². The molecule has 6 heteroatoms. The van der Waals surface area contributed by atoms with Crippen LogP contribution < -0.4 is 0 Å². The molecule has 20 heavy (non-hydrogen) atoms. The predicted molar refractivity (Wildman–Crippen MR) is 75.8 cm³/mol. The van der Waals surface area contributed by atoms with Crippen molar-refractivity contribution in [2.24, 2.45) is 0 Å². The number of hydrogen-bond acceptors (Lipinski definition) is 4. The van der Waals surface area contributed by atoms with E-state index in [1.807, 2.05) is 20.8 Å². The lowest BCUT2D eigenvalue weighted by Gasteiger charge is -2.32. The molecule has 0 saturated carbocycles. The van der Waals surface area contributed by atoms with Gasteiger partial charge in [-0.1, -0.05) is 0 Å². The van der Waals surface area contributed by atoms with Gasteiger partial charge in [0.2, 0.25) is 0 Å². The summed E-state index contributed by atoms with van der Waals surface area (Å²) in [6.07, 6.45) is 3.02. The molecule has 0 bridgehead atoms. The van der Waals surface area contributed by atoms with Crippen LogP contribution in [0.3, 0.4) is 0 Å². The van der Waals surface area contributed by atoms with Crippen molar-refractivity contribution in [1.82, 2.24) is 9.88 Å². The van der Waals surface area contributed by atoms with E-state index >= 15 is 0 Å². The van der Waals surface area contributed by atoms with Crippen molar-refractivity contribution in [2.75, 3.05) is 13.1 Å². The summed E-state index contributed by atoms with van der Waals surface area (Å²) in [5, 5.41) is 0. The number of halogens is 1. The third kappa shape index (κ3) is 3.88. The van der Waals surface area contributed by atoms with Gasteiger partial charge in [0.1, 0.15) is 11.9 Å². The van der Waals surface area contributed by atoms with Crippen molar-refractivity contribution in [3.8, 4) is 0 Å². The van der Waals surface area contributed by atoms with Crippen molar-refractivity contribution >= 4 is 17.7 Å². The number of rotatable bonds is 2. The lowest BCUT2D eigenvalue weighted by molar-refractivity contribution is 0.0199. The second kappa shape index (κ2) is 6.04. The summed E-state index contributed by atoms with van der Waals surface area (Å²) in [7, 11) is 0. The van der Waals surface area contributed by atoms with E-state index in [1.54, 1.807) is 11.2 Å². The third-order valence-electron chi connectivity index (χ3n) is 3.20. The molecule has 1 fully saturated rings. The summed E-state index contributed by atoms with van der Waals surface area (Å²) in [5.74, 6) is 1.34. The van der Waals surface area contributed by atoms with Crippen LogP contribution in [0.5, 0.6) is 0 Å². The number of oxazole rings is 1. The number of aromatic nitrogens is 1. The fraction of sp³-hybridized carbons (Fsp3) is 0.714. The molecule has 0 atom stereocenters. The van der Waals surface area contributed by atoms with Crippen LogP contribution in [0.25, 0.3) is 0 Å². The second-order valence-electron chi connectivity index (χ2n) is 6.05. The van der Waals surface area contributed by atoms with Crippen LogP contribution in [0.15, 0.2) is 10.7 Å². The highest BCUT2D eigenvalue weighted by Crippen LogP contribution is 2.28. The average Bonchev–Trinajstić information content (AvgIpc) is 2.85. The van der Waals surface area contributed by atoms with Gasteiger partial charge in [0.25, 0.3) is 0 Å². The number of amides is 1. The van der Waals surface area contributed by atoms with Gasteiger partial charge in [-0.25, -0.2) is 9.78 Å². The fourth-order valence-corrected chi connectivity index (χ4v) is 2.33. The van der Waals surface area contributed by atoms with Gasteiger partial charge in [-0.15, -0.1) is 11.6 Å². The zero-order valence-corrected chi connectivity index (χ0v) is 12.9. The lowest BCUT2D eigenvalue weighted by atomic mass is 9.97. The Hall–Kier alpha value is -1.23. The minimum Gasteiger partial charge on any atom is -0.448 e. The molecule has 0 aromatic carbocycles. The summed E-state index contributed by atoms with van der Waals surface area (Å²) < 4.78 is 10.8. The minimum atomic E-state index is -0.453. The van der Waals surface area contributed by atoms with Crippen molar-refractivity contribution in [3.05, 3.63) is 17.8 Å². The van der Waals surface area contributed by atoms with Gasteiger partial charge < -0.3 is 14.1 Å². The maximum Gasteiger partial charge on any atom is 0.410 e. The van der Waals surface area contributed by atoms with Crippen molar-refractivity contribution in [1.29, 1.82) is 0 Å². The number of ether oxygens (including phenoxy) is 1. The summed E-state index contributed by atoms with van der Waals surface area (Å²) in [4.78, 5) is 18.0. The Labute approximate surface area is 124 Å². The smallest absolute Gasteiger partial charge is 0.410 e. The van der Waals surface area contributed by atoms with Crippen molar-refractivity contribution < 1.29 is 13.9 Å². The number of nitrogens with zero attached hydrogens (tertiary/aromatic N) is 2. The van der Waals surface area contributed by atoms with Crippen molar-refractivity contribution in [3.63, 3.8) is 0 Å². The van der Waals surface area contributed by atoms with E-state index in [0.717, 1.165) is 24.4 Å². The number of likely N-dealkylation sites (tertiary alicyclic amines) is 1. The molecule has 1 aliphatic rings. The largest absolute Gasteiger partial charge is 0.448 e. The predicted octanol–water partition coefficient (Wildman–Crippen LogP) is 3.53. The number of piperidine rings is 1. The normalized spacial score (nSPS) is 17.3. The number of alkyl halides is 1. The molecule has 1 saturated heterocycles. The number of carbonyl (C=O) groups excluding carboxylic acids is 1. The van der Waals surface area contributed by atoms with Crippen LogP contribution in [0, 0.1) is 0 Å². The Balaban J connectivity index is 1.87. The first-order valence-corrected chi connectivity index (χ1v) is 7.40. The quantitative estimate of drug-likeness (QED) is 0.784. The van der Waals surface area contributed by atoms with E-state index in [4.69, 9.17) is 20.8 Å². The summed E-state index contributed by atoms with van der Waals surface area (Å²) >= 11 is 5.71. The Morgan fingerprint density at radius 3 is 2.65 bits per heavy atom. The maximum absolute atomic E-state index is 12.0. The summed E-state index contributed by atoms with van der Waals surface area (Å²) in [6.45, 7) is 6.95. The van der Waals surface area contributed by atoms with Gasteiger partial charge in [-0.2, -0.15) is 0 Å². The standard InChI is InChI=1S/C14H21ClN2O3/c1-14(2,3)20-13(18)17-6-4-10(5-7-17)12-16-11(8-15)9-19-12/h9-10H,4-8H2,1-3H3. The van der Waals surface area contributed by atoms with Crippen LogP contribution in [0.2, 0.25) is 0 Å². The maximum atomic E-state index is 12.0. The van der Waals surface area contributed by atoms with E-state index in [2.05, 4.69) is 4.98 Å². The van der Waals surface area contributed by atoms with Crippen LogP contribution in [0.1, 0.15) is 51.1 Å². The molecule has 5 nitrogen and oxygen atoms in total. The van der Waals surface area contributed by atoms with Crippen molar-refractivity contribution in [2.45, 2.75) is 51.0 Å². The first-order chi connectivity index (χ1) is 9.39. The summed E-state index contributed by atoms with van der Waals surface area (Å²) in [6, 6.07) is 0. The van der Waals surface area contributed by atoms with Crippen LogP contribution in [-0.2, 0) is 10.6 Å². The molecular weight excluding hydrogens is 280 g/mol. The highest BCUT2D eigenvalue weighted by atomic mass is 35.5. The Bertz CT molecular complexity index is 459. The summed E-state index contributed by atoms with van der Waals surface area (Å²) in [5.41, 5.74) is 0.308. The minimum absolute atomic E-state index is 0.246. The molecule has 112 valence electrons. The number of carbonyl (C=O) groups is 1. The average molecular weight is 301 g/mol. The molecular formula is C14H21ClN2O3. The molecule has 0 unspecified atom stereocenters. The number of hydrogen-bond donors (Lipinski definition) is 0. The zero-order chi connectivity index (χ0) is 14.8. The monoisotopic (exact) mass is 300 g/mol. The Morgan fingerprint density at radius 1 is 1.50 bits per heavy atom. The van der Waals surface area contributed by atoms with Gasteiger partial charge in [-0.3, -0.25) is 0 Å². The van der Waals surface area contributed by atoms with E-state index in [0.29, 0.717) is 19.0 Å². The second-order valence-corrected chi connectivity index (χ2v) is 6.32. The SMILES string of the molecule is CC(C)(C)OC(=O)N1CCC(c2nc(CCl)co2)CC1. The molecule has 0 N–H and O–H groups in total. The van der Waals surface area contributed by atoms with Gasteiger partial charge in [0, 0.05) is 19.0 Å². The fourth-order valence-electron chi connectivity index (χ4n) is 2.21. The first kappa shape index (κ1) is 15.2. The van der Waals surface area contributed by atoms with E-state index in [9.17, 15) is 4.79 Å². The van der Waals surface area contributed by atoms with E-state index in [-0.39, 0.29) is 12.0 Å². The molecule has 2 rings (SSSR count). The van der Waals surface area contributed by atoms with Crippen LogP contribution >= 0.6 is 11.6 Å². The van der Waals surface area contributed by atoms with Gasteiger partial charge in [0.15, 0.2) is 5.89 Å². The molecule has 0 radical (unpaired) electrons. The third-order valence-corrected chi connectivity index (χ3v) is 3.48. The highest BCUT2D eigenvalue weighted by molar-refractivity contribution is 6.16. The lowest BCUT2D eigenvalue weighted by Crippen LogP contribution is -2.41. The van der Waals surface area contributed by atoms with E-state index < -0.39 is 5.60 Å². The molecule has 0 spiro atoms. The molecule has 1 aromatic heterocycles. The van der Waals surface area contributed by atoms with Gasteiger partial charge >= 0.3 is 6.09 Å². The Morgan fingerprint density at radius 2 is 2.15 bits per heavy atom. The molecule has 1 aromatic rings. The Kier molecular flexibility index (Phi) is 4.58. The van der Waals surface area contributed by atoms with E-state index in [1.165, 1.54) is 0 Å².